The summed E-state index contributed by atoms with van der Waals surface area (Å²) < 4.78 is 17.0. The van der Waals surface area contributed by atoms with Crippen molar-refractivity contribution in [2.75, 3.05) is 78.6 Å². The Morgan fingerprint density at radius 3 is 1.34 bits per heavy atom. The highest BCUT2D eigenvalue weighted by Gasteiger charge is 2.48. The fraction of sp³-hybridized carbons (Fsp3) is 0.390. The van der Waals surface area contributed by atoms with E-state index in [4.69, 9.17) is 54.5 Å². The van der Waals surface area contributed by atoms with Gasteiger partial charge in [0.2, 0.25) is 0 Å². The van der Waals surface area contributed by atoms with Crippen molar-refractivity contribution >= 4 is 139 Å². The number of aromatic hydroxyl groups is 6. The molecule has 0 saturated carbocycles. The minimum atomic E-state index is -1.59. The van der Waals surface area contributed by atoms with Crippen LogP contribution in [0.3, 0.4) is 0 Å². The summed E-state index contributed by atoms with van der Waals surface area (Å²) in [6.45, 7) is 10.8. The van der Waals surface area contributed by atoms with E-state index in [1.54, 1.807) is 32.9 Å². The molecule has 6 aromatic rings. The summed E-state index contributed by atoms with van der Waals surface area (Å²) in [5, 5.41) is 123. The number of amides is 14. The van der Waals surface area contributed by atoms with Gasteiger partial charge >= 0.3 is 86.9 Å². The number of rotatable bonds is 25. The van der Waals surface area contributed by atoms with Gasteiger partial charge in [-0.15, -0.1) is 0 Å². The Labute approximate surface area is 747 Å². The lowest BCUT2D eigenvalue weighted by Gasteiger charge is -2.38. The number of carboxylic acid groups (broad SMARTS) is 1. The van der Waals surface area contributed by atoms with Gasteiger partial charge in [0.1, 0.15) is 40.9 Å². The number of para-hydroxylation sites is 1. The first-order valence-corrected chi connectivity index (χ1v) is 41.6. The molecule has 0 aliphatic carbocycles. The summed E-state index contributed by atoms with van der Waals surface area (Å²) >= 11 is 18.7. The van der Waals surface area contributed by atoms with Gasteiger partial charge in [0.25, 0.3) is 0 Å². The molecule has 14 amide bonds. The molecule has 40 nitrogen and oxygen atoms in total. The molecule has 18 N–H and O–H groups in total. The largest absolute Gasteiger partial charge is 0.536 e. The summed E-state index contributed by atoms with van der Waals surface area (Å²) in [5.41, 5.74) is 10.2. The first-order chi connectivity index (χ1) is 60.7. The van der Waals surface area contributed by atoms with Crippen LogP contribution in [0.4, 0.5) is 19.2 Å². The number of aryl methyl sites for hydroxylation is 3. The number of imide groups is 3. The second-order valence-corrected chi connectivity index (χ2v) is 32.1. The van der Waals surface area contributed by atoms with E-state index < -0.39 is 208 Å². The predicted molar refractivity (Wildman–Crippen MR) is 458 cm³/mol. The van der Waals surface area contributed by atoms with Gasteiger partial charge in [0, 0.05) is 119 Å². The lowest BCUT2D eigenvalue weighted by molar-refractivity contribution is -0.156. The number of phenolic OH excluding ortho intramolecular Hbond substituents is 6. The number of benzene rings is 6. The van der Waals surface area contributed by atoms with E-state index in [9.17, 15) is 123 Å². The molecule has 0 aromatic heterocycles. The topological polar surface area (TPSA) is 595 Å². The van der Waals surface area contributed by atoms with Crippen LogP contribution in [0.2, 0.25) is 32.5 Å². The van der Waals surface area contributed by atoms with Gasteiger partial charge in [-0.2, -0.15) is 0 Å². The second-order valence-electron chi connectivity index (χ2n) is 31.0. The molecule has 3 fully saturated rings. The Balaban J connectivity index is 0.000000200. The Morgan fingerprint density at radius 2 is 0.906 bits per heavy atom. The number of nitrogens with one attached hydrogen (secondary N) is 5. The molecule has 6 aliphatic heterocycles. The van der Waals surface area contributed by atoms with E-state index >= 15 is 0 Å². The van der Waals surface area contributed by atoms with Gasteiger partial charge in [0.05, 0.1) is 27.7 Å². The van der Waals surface area contributed by atoms with E-state index in [1.807, 2.05) is 51.1 Å². The minimum Gasteiger partial charge on any atom is -0.536 e. The maximum absolute atomic E-state index is 13.7. The molecule has 6 aromatic carbocycles. The maximum Gasteiger partial charge on any atom is 0.526 e. The van der Waals surface area contributed by atoms with E-state index in [0.29, 0.717) is 63.3 Å². The van der Waals surface area contributed by atoms with Gasteiger partial charge in [-0.1, -0.05) is 95.5 Å². The molecule has 6 heterocycles. The normalized spacial score (nSPS) is 17.9. The first kappa shape index (κ1) is 97.6. The average Bonchev–Trinajstić information content (AvgIpc) is 0.785. The van der Waals surface area contributed by atoms with E-state index in [0.717, 1.165) is 46.0 Å². The molecule has 0 radical (unpaired) electrons. The molecule has 6 aliphatic rings. The molecule has 12 rings (SSSR count). The highest BCUT2D eigenvalue weighted by atomic mass is 35.5. The Bertz CT molecular complexity index is 5390. The number of aromatic carboxylic acids is 1. The van der Waals surface area contributed by atoms with Crippen molar-refractivity contribution < 1.29 is 137 Å². The number of fused-ring (bicyclic) bond motifs is 3. The molecule has 3 saturated heterocycles. The number of aliphatic hydroxyl groups is 1. The number of nitrogens with two attached hydrogens (primary N) is 1. The van der Waals surface area contributed by atoms with Crippen molar-refractivity contribution in [2.45, 2.75) is 128 Å². The first-order valence-electron chi connectivity index (χ1n) is 40.5. The van der Waals surface area contributed by atoms with E-state index in [-0.39, 0.29) is 113 Å². The van der Waals surface area contributed by atoms with Crippen molar-refractivity contribution in [1.82, 2.24) is 56.0 Å². The standard InChI is InChI=1S/C28H33BClN5O9.C27H30BClN4O10.C27H31BClN3O9/c1-3-31-27(41)32-9-10-34-11-12-35(26(40)25(34)39)28(42)33-22(18-7-8-19(36)23(38)21(18)30)20(37)14-17-13-16-6-4-5-15(2)24(16)44-29(17)43;1-13-3-4-14-11-15(28(42)43-23(14)19(13)26(39)40)12-18(35)21(16-5-6-17(34)22(36)20(16)29)31-27(41)33-10-9-32(8-2-7-30)24(37)25(33)38;1-4-31-11-17(12-33)32(26(38)25(31)37)27(39)30-22(18-7-8-19(34)23(36)21(18)29)20(35)10-16-9-15-6-5-13(2)14(3)24(15)41-28(16)40/h4-8,17,22,36,38,43H,3,9-14H2,1-2H3,(H,33,42)(H2,31,32,41);3-6,15,21,34,36,42H,2,7-12,30H2,1H3,(H,31,41)(H,39,40);5-8,16-17,22,33-34,36,40H,4,9-12H2,1-3H3,(H,30,39)/t17-,22?;15-,21-;16-,17-,22?/m111/s1. The zero-order valence-electron chi connectivity index (χ0n) is 70.0. The quantitative estimate of drug-likeness (QED) is 0.0220. The minimum absolute atomic E-state index is 0.00571. The Morgan fingerprint density at radius 1 is 0.492 bits per heavy atom. The van der Waals surface area contributed by atoms with Gasteiger partial charge in [-0.05, 0) is 131 Å². The van der Waals surface area contributed by atoms with Crippen molar-refractivity contribution in [3.8, 4) is 51.7 Å². The number of urea groups is 4. The summed E-state index contributed by atoms with van der Waals surface area (Å²) in [6, 6.07) is 9.84. The zero-order chi connectivity index (χ0) is 93.9. The molecular weight excluding hydrogens is 1740 g/mol. The van der Waals surface area contributed by atoms with Crippen LogP contribution in [0.25, 0.3) is 0 Å². The van der Waals surface area contributed by atoms with Gasteiger partial charge in [0.15, 0.2) is 51.8 Å². The number of ketones is 3. The van der Waals surface area contributed by atoms with Gasteiger partial charge in [-0.3, -0.25) is 53.0 Å². The molecule has 7 atom stereocenters. The molecule has 0 spiro atoms. The number of hydrogen-bond donors (Lipinski definition) is 17. The molecule has 46 heteroatoms. The third kappa shape index (κ3) is 21.6. The SMILES string of the molecule is CCN1C[C@H](CO)N(C(=O)NC(C(=O)C[C@H]2Cc3ccc(C)c(C)c3OB2O)c2ccc(O)c(O)c2Cl)C(=O)C1=O.CCNC(=O)NCCN1CCN(C(=O)NC(C(=O)C[C@H]2Cc3cccc(C)c3OB2O)c2ccc(O)c(O)c2Cl)C(=O)C1=O.Cc1ccc2c(c1C(=O)O)OB(O)[C@@H](CC(=O)[C@H](NC(=O)N1CCN(CCCN)C(=O)C1=O)c1ccc(O)c(O)c1Cl)C2. The van der Waals surface area contributed by atoms with Crippen molar-refractivity contribution in [2.24, 2.45) is 5.73 Å². The van der Waals surface area contributed by atoms with Crippen LogP contribution in [0.1, 0.15) is 124 Å². The lowest BCUT2D eigenvalue weighted by atomic mass is 9.64. The lowest BCUT2D eigenvalue weighted by Crippen LogP contribution is -2.64. The van der Waals surface area contributed by atoms with E-state index in [1.165, 1.54) is 32.9 Å². The number of phenols is 6. The van der Waals surface area contributed by atoms with Crippen LogP contribution in [0.15, 0.2) is 78.9 Å². The number of aliphatic hydroxyl groups excluding tert-OH is 1. The highest BCUT2D eigenvalue weighted by Crippen LogP contribution is 2.46. The Kier molecular flexibility index (Phi) is 32.3. The van der Waals surface area contributed by atoms with Crippen molar-refractivity contribution in [1.29, 1.82) is 0 Å². The molecular formula is C82H94B3Cl3N12O28. The molecule has 128 heavy (non-hydrogen) atoms. The van der Waals surface area contributed by atoms with Crippen molar-refractivity contribution in [3.63, 3.8) is 0 Å². The number of halogens is 3. The number of carbonyl (C=O) groups is 14. The smallest absolute Gasteiger partial charge is 0.526 e. The number of carbonyl (C=O) groups excluding carboxylic acids is 13. The second kappa shape index (κ2) is 42.3. The average molecular weight is 1830 g/mol. The maximum atomic E-state index is 13.7. The summed E-state index contributed by atoms with van der Waals surface area (Å²) in [6.07, 6.45) is 0.0751. The zero-order valence-corrected chi connectivity index (χ0v) is 72.2. The number of nitrogens with zero attached hydrogens (tertiary/aromatic N) is 6. The fourth-order valence-corrected chi connectivity index (χ4v) is 16.2. The summed E-state index contributed by atoms with van der Waals surface area (Å²) in [4.78, 5) is 186. The van der Waals surface area contributed by atoms with Crippen LogP contribution in [0.5, 0.6) is 51.7 Å². The molecule has 680 valence electrons. The number of carboxylic acids is 1. The van der Waals surface area contributed by atoms with Gasteiger partial charge in [-0.25, -0.2) is 28.9 Å². The highest BCUT2D eigenvalue weighted by molar-refractivity contribution is 6.48. The summed E-state index contributed by atoms with van der Waals surface area (Å²) in [5.74, 6) is -14.7. The number of piperazine rings is 3. The number of Topliss-reactive ketones (excluding diaryl/α,β-unsaturated/α-hetero) is 3. The van der Waals surface area contributed by atoms with Gasteiger partial charge < -0.3 is 117 Å². The third-order valence-electron chi connectivity index (χ3n) is 22.6. The van der Waals surface area contributed by atoms with E-state index in [2.05, 4.69) is 26.6 Å². The predicted octanol–water partition coefficient (Wildman–Crippen LogP) is 3.83. The van der Waals surface area contributed by atoms with Crippen molar-refractivity contribution in [3.05, 3.63) is 155 Å². The molecule has 2 unspecified atom stereocenters. The van der Waals surface area contributed by atoms with Crippen LogP contribution < -0.4 is 46.3 Å². The number of hydrogen-bond acceptors (Lipinski definition) is 28. The van der Waals surface area contributed by atoms with Crippen LogP contribution in [0, 0.1) is 27.7 Å². The Hall–Kier alpha value is -12.6. The van der Waals surface area contributed by atoms with Crippen LogP contribution >= 0.6 is 34.8 Å². The van der Waals surface area contributed by atoms with Crippen LogP contribution in [-0.2, 0) is 62.4 Å². The summed E-state index contributed by atoms with van der Waals surface area (Å²) in [7, 11) is -4.26. The van der Waals surface area contributed by atoms with Crippen LogP contribution in [-0.4, -0.2) is 274 Å². The third-order valence-corrected chi connectivity index (χ3v) is 23.8. The molecule has 0 bridgehead atoms. The monoisotopic (exact) mass is 1830 g/mol. The number of likely N-dealkylation sites (N-methyl/N-ethyl adjacent to an activating group) is 1. The fourth-order valence-electron chi connectivity index (χ4n) is 15.4.